The molecule has 2 aliphatic rings. The highest BCUT2D eigenvalue weighted by molar-refractivity contribution is 5.78. The summed E-state index contributed by atoms with van der Waals surface area (Å²) in [6.07, 6.45) is 2.28. The Labute approximate surface area is 144 Å². The second-order valence-electron chi connectivity index (χ2n) is 6.97. The number of pyridine rings is 1. The highest BCUT2D eigenvalue weighted by Crippen LogP contribution is 2.25. The molecule has 0 aromatic carbocycles. The number of morpholine rings is 1. The molecule has 1 atom stereocenters. The molecule has 0 radical (unpaired) electrons. The summed E-state index contributed by atoms with van der Waals surface area (Å²) in [5, 5.41) is 0. The quantitative estimate of drug-likeness (QED) is 0.835. The van der Waals surface area contributed by atoms with E-state index in [2.05, 4.69) is 26.9 Å². The van der Waals surface area contributed by atoms with E-state index < -0.39 is 0 Å². The Morgan fingerprint density at radius 1 is 1.29 bits per heavy atom. The molecular formula is C18H28N4O2. The molecule has 3 rings (SSSR count). The van der Waals surface area contributed by atoms with Gasteiger partial charge in [0.25, 0.3) is 0 Å². The van der Waals surface area contributed by atoms with Crippen molar-refractivity contribution in [1.82, 2.24) is 14.8 Å². The number of hydrogen-bond acceptors (Lipinski definition) is 5. The van der Waals surface area contributed by atoms with Crippen LogP contribution in [0, 0.1) is 6.92 Å². The zero-order valence-electron chi connectivity index (χ0n) is 15.0. The summed E-state index contributed by atoms with van der Waals surface area (Å²) in [4.78, 5) is 23.5. The number of carbonyl (C=O) groups is 1. The van der Waals surface area contributed by atoms with Gasteiger partial charge in [0.2, 0.25) is 5.91 Å². The van der Waals surface area contributed by atoms with Gasteiger partial charge in [-0.25, -0.2) is 0 Å². The van der Waals surface area contributed by atoms with Crippen LogP contribution in [0.2, 0.25) is 0 Å². The number of nitrogens with zero attached hydrogens (tertiary/aromatic N) is 4. The van der Waals surface area contributed by atoms with Crippen molar-refractivity contribution in [2.45, 2.75) is 25.9 Å². The van der Waals surface area contributed by atoms with Crippen molar-refractivity contribution >= 4 is 11.6 Å². The molecule has 2 fully saturated rings. The van der Waals surface area contributed by atoms with Gasteiger partial charge in [-0.2, -0.15) is 0 Å². The molecule has 1 aromatic heterocycles. The van der Waals surface area contributed by atoms with Gasteiger partial charge in [-0.1, -0.05) is 0 Å². The van der Waals surface area contributed by atoms with E-state index in [1.54, 1.807) is 0 Å². The Morgan fingerprint density at radius 2 is 2.04 bits per heavy atom. The monoisotopic (exact) mass is 332 g/mol. The normalized spacial score (nSPS) is 22.0. The molecule has 6 nitrogen and oxygen atoms in total. The van der Waals surface area contributed by atoms with Crippen molar-refractivity contribution in [1.29, 1.82) is 0 Å². The zero-order chi connectivity index (χ0) is 17.1. The van der Waals surface area contributed by atoms with Crippen LogP contribution in [0.1, 0.15) is 30.3 Å². The predicted octanol–water partition coefficient (Wildman–Crippen LogP) is 1.45. The molecule has 1 amide bonds. The number of rotatable bonds is 4. The first-order chi connectivity index (χ1) is 11.5. The molecular weight excluding hydrogens is 304 g/mol. The summed E-state index contributed by atoms with van der Waals surface area (Å²) >= 11 is 0. The molecule has 0 aliphatic carbocycles. The Morgan fingerprint density at radius 3 is 2.75 bits per heavy atom. The number of carbonyl (C=O) groups excluding carboxylic acids is 1. The minimum atomic E-state index is -0.139. The maximum Gasteiger partial charge on any atom is 0.236 e. The second-order valence-corrected chi connectivity index (χ2v) is 6.97. The van der Waals surface area contributed by atoms with Crippen LogP contribution in [0.5, 0.6) is 0 Å². The van der Waals surface area contributed by atoms with Gasteiger partial charge in [-0.3, -0.25) is 14.7 Å². The summed E-state index contributed by atoms with van der Waals surface area (Å²) in [6.45, 7) is 6.47. The number of likely N-dealkylation sites (tertiary alicyclic amines) is 1. The summed E-state index contributed by atoms with van der Waals surface area (Å²) in [5.74, 6) is 0.214. The molecule has 2 aliphatic heterocycles. The lowest BCUT2D eigenvalue weighted by atomic mass is 10.1. The average Bonchev–Trinajstić information content (AvgIpc) is 3.07. The standard InChI is InChI=1S/C18H28N4O2/c1-14-10-15(20(2)3)11-16(19-14)17-12-22(8-9-24-17)18(23)13-21-6-4-5-7-21/h10-11,17H,4-9,12-13H2,1-3H3/t17-/m0/s1. The average molecular weight is 332 g/mol. The molecule has 0 bridgehead atoms. The molecule has 2 saturated heterocycles. The second kappa shape index (κ2) is 7.49. The molecule has 0 unspecified atom stereocenters. The molecule has 1 aromatic rings. The van der Waals surface area contributed by atoms with Gasteiger partial charge in [0.15, 0.2) is 0 Å². The van der Waals surface area contributed by atoms with E-state index in [1.807, 2.05) is 25.9 Å². The van der Waals surface area contributed by atoms with Gasteiger partial charge in [0.1, 0.15) is 6.10 Å². The number of hydrogen-bond donors (Lipinski definition) is 0. The molecule has 0 spiro atoms. The van der Waals surface area contributed by atoms with Gasteiger partial charge in [-0.15, -0.1) is 0 Å². The first-order valence-electron chi connectivity index (χ1n) is 8.80. The van der Waals surface area contributed by atoms with E-state index >= 15 is 0 Å². The molecule has 132 valence electrons. The van der Waals surface area contributed by atoms with Crippen molar-refractivity contribution in [3.05, 3.63) is 23.5 Å². The molecule has 0 saturated carbocycles. The van der Waals surface area contributed by atoms with Crippen molar-refractivity contribution < 1.29 is 9.53 Å². The predicted molar refractivity (Wildman–Crippen MR) is 94.2 cm³/mol. The number of aryl methyl sites for hydroxylation is 1. The first kappa shape index (κ1) is 17.2. The van der Waals surface area contributed by atoms with E-state index in [0.717, 1.165) is 30.2 Å². The van der Waals surface area contributed by atoms with Crippen LogP contribution in [-0.4, -0.2) is 74.1 Å². The third kappa shape index (κ3) is 4.05. The summed E-state index contributed by atoms with van der Waals surface area (Å²) < 4.78 is 5.92. The van der Waals surface area contributed by atoms with E-state index in [9.17, 15) is 4.79 Å². The van der Waals surface area contributed by atoms with Crippen molar-refractivity contribution in [2.24, 2.45) is 0 Å². The Balaban J connectivity index is 1.67. The number of aromatic nitrogens is 1. The third-order valence-corrected chi connectivity index (χ3v) is 4.78. The van der Waals surface area contributed by atoms with E-state index in [1.165, 1.54) is 12.8 Å². The highest BCUT2D eigenvalue weighted by atomic mass is 16.5. The summed E-state index contributed by atoms with van der Waals surface area (Å²) in [6, 6.07) is 4.12. The van der Waals surface area contributed by atoms with Gasteiger partial charge >= 0.3 is 0 Å². The van der Waals surface area contributed by atoms with E-state index in [-0.39, 0.29) is 12.0 Å². The topological polar surface area (TPSA) is 48.9 Å². The van der Waals surface area contributed by atoms with Gasteiger partial charge in [0.05, 0.1) is 25.4 Å². The maximum atomic E-state index is 12.6. The fourth-order valence-corrected chi connectivity index (χ4v) is 3.39. The SMILES string of the molecule is Cc1cc(N(C)C)cc([C@@H]2CN(C(=O)CN3CCCC3)CCO2)n1. The number of ether oxygens (including phenoxy) is 1. The maximum absolute atomic E-state index is 12.6. The first-order valence-corrected chi connectivity index (χ1v) is 8.80. The largest absolute Gasteiger partial charge is 0.378 e. The smallest absolute Gasteiger partial charge is 0.236 e. The van der Waals surface area contributed by atoms with Crippen LogP contribution in [-0.2, 0) is 9.53 Å². The van der Waals surface area contributed by atoms with Crippen LogP contribution < -0.4 is 4.90 Å². The lowest BCUT2D eigenvalue weighted by Crippen LogP contribution is -2.46. The molecule has 6 heteroatoms. The summed E-state index contributed by atoms with van der Waals surface area (Å²) in [7, 11) is 4.04. The number of amides is 1. The van der Waals surface area contributed by atoms with Crippen LogP contribution >= 0.6 is 0 Å². The van der Waals surface area contributed by atoms with Gasteiger partial charge < -0.3 is 14.5 Å². The lowest BCUT2D eigenvalue weighted by Gasteiger charge is -2.34. The zero-order valence-corrected chi connectivity index (χ0v) is 15.0. The van der Waals surface area contributed by atoms with Crippen molar-refractivity contribution in [2.75, 3.05) is 58.3 Å². The Bertz CT molecular complexity index is 584. The fraction of sp³-hybridized carbons (Fsp3) is 0.667. The van der Waals surface area contributed by atoms with Crippen LogP contribution in [0.4, 0.5) is 5.69 Å². The minimum Gasteiger partial charge on any atom is -0.378 e. The summed E-state index contributed by atoms with van der Waals surface area (Å²) in [5.41, 5.74) is 3.00. The highest BCUT2D eigenvalue weighted by Gasteiger charge is 2.28. The van der Waals surface area contributed by atoms with Gasteiger partial charge in [-0.05, 0) is 45.0 Å². The molecule has 0 N–H and O–H groups in total. The van der Waals surface area contributed by atoms with E-state index in [0.29, 0.717) is 26.2 Å². The van der Waals surface area contributed by atoms with E-state index in [4.69, 9.17) is 4.74 Å². The third-order valence-electron chi connectivity index (χ3n) is 4.78. The van der Waals surface area contributed by atoms with Crippen molar-refractivity contribution in [3.63, 3.8) is 0 Å². The molecule has 3 heterocycles. The Kier molecular flexibility index (Phi) is 5.36. The van der Waals surface area contributed by atoms with Crippen molar-refractivity contribution in [3.8, 4) is 0 Å². The van der Waals surface area contributed by atoms with Crippen LogP contribution in [0.25, 0.3) is 0 Å². The number of anilines is 1. The van der Waals surface area contributed by atoms with Crippen LogP contribution in [0.3, 0.4) is 0 Å². The lowest BCUT2D eigenvalue weighted by molar-refractivity contribution is -0.140. The van der Waals surface area contributed by atoms with Gasteiger partial charge in [0, 0.05) is 32.0 Å². The minimum absolute atomic E-state index is 0.139. The van der Waals surface area contributed by atoms with Crippen LogP contribution in [0.15, 0.2) is 12.1 Å². The molecule has 24 heavy (non-hydrogen) atoms. The Hall–Kier alpha value is -1.66. The fourth-order valence-electron chi connectivity index (χ4n) is 3.39.